The van der Waals surface area contributed by atoms with E-state index in [0.29, 0.717) is 6.04 Å². The Morgan fingerprint density at radius 1 is 1.25 bits per heavy atom. The third-order valence-electron chi connectivity index (χ3n) is 3.34. The summed E-state index contributed by atoms with van der Waals surface area (Å²) < 4.78 is 11.2. The summed E-state index contributed by atoms with van der Waals surface area (Å²) in [6.45, 7) is 5.89. The Labute approximate surface area is 95.8 Å². The molecule has 3 rings (SSSR count). The van der Waals surface area contributed by atoms with Crippen molar-refractivity contribution in [3.05, 3.63) is 29.8 Å². The molecule has 2 aliphatic heterocycles. The van der Waals surface area contributed by atoms with E-state index < -0.39 is 0 Å². The predicted octanol–water partition coefficient (Wildman–Crippen LogP) is 1.89. The molecule has 1 aromatic rings. The first kappa shape index (κ1) is 10.1. The molecule has 3 heteroatoms. The van der Waals surface area contributed by atoms with E-state index in [1.165, 1.54) is 5.56 Å². The van der Waals surface area contributed by atoms with Crippen LogP contribution in [0.25, 0.3) is 0 Å². The molecule has 1 atom stereocenters. The molecule has 3 nitrogen and oxygen atoms in total. The van der Waals surface area contributed by atoms with Crippen molar-refractivity contribution in [2.24, 2.45) is 0 Å². The van der Waals surface area contributed by atoms with Crippen LogP contribution in [0.1, 0.15) is 25.5 Å². The van der Waals surface area contributed by atoms with Crippen LogP contribution in [-0.2, 0) is 4.74 Å². The first-order valence-corrected chi connectivity index (χ1v) is 5.78. The zero-order valence-electron chi connectivity index (χ0n) is 9.69. The molecule has 0 saturated carbocycles. The summed E-state index contributed by atoms with van der Waals surface area (Å²) in [5.41, 5.74) is 1.08. The van der Waals surface area contributed by atoms with Crippen LogP contribution >= 0.6 is 0 Å². The van der Waals surface area contributed by atoms with Gasteiger partial charge in [-0.1, -0.05) is 18.2 Å². The molecule has 1 aromatic carbocycles. The fourth-order valence-electron chi connectivity index (χ4n) is 2.39. The molecule has 1 unspecified atom stereocenters. The molecule has 86 valence electrons. The molecule has 2 heterocycles. The van der Waals surface area contributed by atoms with Crippen molar-refractivity contribution in [2.45, 2.75) is 31.5 Å². The molecule has 0 aliphatic carbocycles. The number of rotatable bonds is 2. The van der Waals surface area contributed by atoms with Gasteiger partial charge in [-0.15, -0.1) is 0 Å². The van der Waals surface area contributed by atoms with Crippen LogP contribution in [0.15, 0.2) is 24.3 Å². The van der Waals surface area contributed by atoms with E-state index in [-0.39, 0.29) is 11.6 Å². The van der Waals surface area contributed by atoms with Crippen molar-refractivity contribution >= 4 is 0 Å². The topological polar surface area (TPSA) is 30.5 Å². The molecule has 16 heavy (non-hydrogen) atoms. The highest BCUT2D eigenvalue weighted by Crippen LogP contribution is 2.43. The number of para-hydroxylation sites is 1. The lowest BCUT2D eigenvalue weighted by Crippen LogP contribution is -2.51. The molecule has 1 N–H and O–H groups in total. The second-order valence-electron chi connectivity index (χ2n) is 5.08. The Hall–Kier alpha value is -1.06. The van der Waals surface area contributed by atoms with Gasteiger partial charge in [-0.3, -0.25) is 5.32 Å². The van der Waals surface area contributed by atoms with Gasteiger partial charge in [0.2, 0.25) is 0 Å². The van der Waals surface area contributed by atoms with Crippen molar-refractivity contribution in [2.75, 3.05) is 13.2 Å². The van der Waals surface area contributed by atoms with Crippen LogP contribution in [0.4, 0.5) is 0 Å². The van der Waals surface area contributed by atoms with E-state index >= 15 is 0 Å². The van der Waals surface area contributed by atoms with Gasteiger partial charge in [-0.05, 0) is 19.9 Å². The van der Waals surface area contributed by atoms with Crippen LogP contribution < -0.4 is 10.1 Å². The lowest BCUT2D eigenvalue weighted by atomic mass is 9.93. The Bertz CT molecular complexity index is 399. The van der Waals surface area contributed by atoms with Gasteiger partial charge in [0, 0.05) is 5.56 Å². The Morgan fingerprint density at radius 2 is 2.00 bits per heavy atom. The molecule has 2 aliphatic rings. The summed E-state index contributed by atoms with van der Waals surface area (Å²) in [4.78, 5) is 0. The smallest absolute Gasteiger partial charge is 0.125 e. The normalized spacial score (nSPS) is 27.0. The first-order chi connectivity index (χ1) is 7.67. The number of ether oxygens (including phenoxy) is 2. The summed E-state index contributed by atoms with van der Waals surface area (Å²) in [6.07, 6.45) is 0. The van der Waals surface area contributed by atoms with E-state index in [2.05, 4.69) is 31.3 Å². The van der Waals surface area contributed by atoms with Crippen LogP contribution in [-0.4, -0.2) is 24.9 Å². The van der Waals surface area contributed by atoms with Crippen molar-refractivity contribution in [1.29, 1.82) is 0 Å². The van der Waals surface area contributed by atoms with Gasteiger partial charge in [-0.2, -0.15) is 0 Å². The van der Waals surface area contributed by atoms with Crippen LogP contribution in [0.2, 0.25) is 0 Å². The molecule has 1 fully saturated rings. The monoisotopic (exact) mass is 219 g/mol. The predicted molar refractivity (Wildman–Crippen MR) is 61.6 cm³/mol. The highest BCUT2D eigenvalue weighted by molar-refractivity contribution is 5.42. The van der Waals surface area contributed by atoms with E-state index in [1.54, 1.807) is 0 Å². The van der Waals surface area contributed by atoms with E-state index in [0.717, 1.165) is 19.0 Å². The molecule has 0 aromatic heterocycles. The van der Waals surface area contributed by atoms with Crippen LogP contribution in [0.5, 0.6) is 5.75 Å². The molecule has 0 radical (unpaired) electrons. The molecule has 0 spiro atoms. The van der Waals surface area contributed by atoms with Gasteiger partial charge in [0.15, 0.2) is 0 Å². The summed E-state index contributed by atoms with van der Waals surface area (Å²) in [6, 6.07) is 8.99. The molecule has 0 bridgehead atoms. The van der Waals surface area contributed by atoms with Gasteiger partial charge in [0.1, 0.15) is 11.4 Å². The number of fused-ring (bicyclic) bond motifs is 1. The van der Waals surface area contributed by atoms with Gasteiger partial charge in [-0.25, -0.2) is 0 Å². The first-order valence-electron chi connectivity index (χ1n) is 5.78. The minimum atomic E-state index is -0.181. The Kier molecular flexibility index (Phi) is 2.19. The SMILES string of the molecule is CC1(C)Oc2ccccc2C1NC1COC1. The summed E-state index contributed by atoms with van der Waals surface area (Å²) >= 11 is 0. The van der Waals surface area contributed by atoms with Gasteiger partial charge in [0.25, 0.3) is 0 Å². The highest BCUT2D eigenvalue weighted by atomic mass is 16.5. The lowest BCUT2D eigenvalue weighted by molar-refractivity contribution is -0.0226. The molecule has 0 amide bonds. The van der Waals surface area contributed by atoms with E-state index in [9.17, 15) is 0 Å². The molecular formula is C13H17NO2. The number of hydrogen-bond acceptors (Lipinski definition) is 3. The van der Waals surface area contributed by atoms with Crippen molar-refractivity contribution < 1.29 is 9.47 Å². The second kappa shape index (κ2) is 3.47. The summed E-state index contributed by atoms with van der Waals surface area (Å²) in [7, 11) is 0. The van der Waals surface area contributed by atoms with Gasteiger partial charge < -0.3 is 9.47 Å². The van der Waals surface area contributed by atoms with Crippen molar-refractivity contribution in [3.8, 4) is 5.75 Å². The average Bonchev–Trinajstić information content (AvgIpc) is 2.42. The largest absolute Gasteiger partial charge is 0.486 e. The number of hydrogen-bond donors (Lipinski definition) is 1. The third-order valence-corrected chi connectivity index (χ3v) is 3.34. The van der Waals surface area contributed by atoms with Crippen LogP contribution in [0, 0.1) is 0 Å². The zero-order chi connectivity index (χ0) is 11.2. The molecular weight excluding hydrogens is 202 g/mol. The maximum absolute atomic E-state index is 5.97. The Balaban J connectivity index is 1.88. The number of benzene rings is 1. The van der Waals surface area contributed by atoms with E-state index in [1.807, 2.05) is 12.1 Å². The fraction of sp³-hybridized carbons (Fsp3) is 0.538. The maximum Gasteiger partial charge on any atom is 0.125 e. The van der Waals surface area contributed by atoms with Crippen molar-refractivity contribution in [3.63, 3.8) is 0 Å². The number of nitrogens with one attached hydrogen (secondary N) is 1. The van der Waals surface area contributed by atoms with Gasteiger partial charge >= 0.3 is 0 Å². The van der Waals surface area contributed by atoms with E-state index in [4.69, 9.17) is 9.47 Å². The second-order valence-corrected chi connectivity index (χ2v) is 5.08. The minimum Gasteiger partial charge on any atom is -0.486 e. The zero-order valence-corrected chi connectivity index (χ0v) is 9.69. The van der Waals surface area contributed by atoms with Crippen molar-refractivity contribution in [1.82, 2.24) is 5.32 Å². The quantitative estimate of drug-likeness (QED) is 0.824. The summed E-state index contributed by atoms with van der Waals surface area (Å²) in [5.74, 6) is 1.00. The highest BCUT2D eigenvalue weighted by Gasteiger charge is 2.42. The van der Waals surface area contributed by atoms with Gasteiger partial charge in [0.05, 0.1) is 25.3 Å². The maximum atomic E-state index is 5.97. The third kappa shape index (κ3) is 1.51. The lowest BCUT2D eigenvalue weighted by Gasteiger charge is -2.35. The minimum absolute atomic E-state index is 0.181. The Morgan fingerprint density at radius 3 is 2.69 bits per heavy atom. The molecule has 1 saturated heterocycles. The standard InChI is InChI=1S/C13H17NO2/c1-13(2)12(14-9-7-15-8-9)10-5-3-4-6-11(10)16-13/h3-6,9,12,14H,7-8H2,1-2H3. The fourth-order valence-corrected chi connectivity index (χ4v) is 2.39. The van der Waals surface area contributed by atoms with Crippen LogP contribution in [0.3, 0.4) is 0 Å². The average molecular weight is 219 g/mol. The summed E-state index contributed by atoms with van der Waals surface area (Å²) in [5, 5.41) is 3.61.